The first kappa shape index (κ1) is 44.3. The maximum atomic E-state index is 15.8. The monoisotopic (exact) mass is 918 g/mol. The van der Waals surface area contributed by atoms with Crippen molar-refractivity contribution in [2.45, 2.75) is 139 Å². The molecule has 1 aromatic heterocycles. The van der Waals surface area contributed by atoms with Crippen LogP contribution in [0.25, 0.3) is 0 Å². The van der Waals surface area contributed by atoms with Gasteiger partial charge in [-0.3, -0.25) is 14.9 Å². The minimum Gasteiger partial charge on any atom is -0.469 e. The Morgan fingerprint density at radius 3 is 2.58 bits per heavy atom. The Labute approximate surface area is 392 Å². The molecule has 4 bridgehead atoms. The van der Waals surface area contributed by atoms with Crippen molar-refractivity contribution in [1.82, 2.24) is 10.6 Å². The SMILES string of the molecule is CC1(C)OC2CC(=O)OCC23C1C(=O)C(O)C12C4CC(Cc5ccccc5)CCC4C#CCC4(c5ccoc5CC(C(O)CO)C5C=CC(C6CNCN6)CC5)OC(=O)C5OC51C4(C)CCC32. The number of Topliss-reactive ketones (excluding diaryl/α,β-unsaturated/α-hetero) is 1. The first-order valence-corrected chi connectivity index (χ1v) is 25.2. The molecule has 3 spiro atoms. The van der Waals surface area contributed by atoms with E-state index in [9.17, 15) is 20.1 Å². The van der Waals surface area contributed by atoms with Crippen molar-refractivity contribution in [2.24, 2.45) is 63.6 Å². The second kappa shape index (κ2) is 15.6. The molecule has 18 atom stereocenters. The summed E-state index contributed by atoms with van der Waals surface area (Å²) in [6.45, 7) is 7.16. The van der Waals surface area contributed by atoms with Crippen LogP contribution in [-0.2, 0) is 51.8 Å². The number of cyclic esters (lactones) is 1. The van der Waals surface area contributed by atoms with E-state index in [-0.39, 0.29) is 61.3 Å². The molecular weight excluding hydrogens is 853 g/mol. The van der Waals surface area contributed by atoms with Gasteiger partial charge in [0.25, 0.3) is 0 Å². The zero-order valence-corrected chi connectivity index (χ0v) is 38.9. The molecule has 3 saturated carbocycles. The minimum atomic E-state index is -1.55. The molecule has 6 heterocycles. The maximum absolute atomic E-state index is 15.8. The number of carbonyl (C=O) groups excluding carboxylic acids is 3. The summed E-state index contributed by atoms with van der Waals surface area (Å²) in [7, 11) is 0. The van der Waals surface area contributed by atoms with Gasteiger partial charge < -0.3 is 44.0 Å². The lowest BCUT2D eigenvalue weighted by molar-refractivity contribution is -0.295. The number of furan rings is 1. The van der Waals surface area contributed by atoms with Crippen molar-refractivity contribution in [3.8, 4) is 11.8 Å². The number of fused-ring (bicyclic) bond motifs is 1. The van der Waals surface area contributed by atoms with Gasteiger partial charge in [0.15, 0.2) is 17.5 Å². The maximum Gasteiger partial charge on any atom is 0.339 e. The largest absolute Gasteiger partial charge is 0.469 e. The van der Waals surface area contributed by atoms with Crippen LogP contribution in [0.15, 0.2) is 59.2 Å². The van der Waals surface area contributed by atoms with Crippen molar-refractivity contribution in [2.75, 3.05) is 26.4 Å². The summed E-state index contributed by atoms with van der Waals surface area (Å²) >= 11 is 0. The Bertz CT molecular complexity index is 2420. The first-order chi connectivity index (χ1) is 32.3. The van der Waals surface area contributed by atoms with E-state index >= 15 is 9.59 Å². The molecular formula is C54H66N2O11. The molecule has 5 aliphatic carbocycles. The molecule has 13 heteroatoms. The van der Waals surface area contributed by atoms with Gasteiger partial charge in [0.1, 0.15) is 24.1 Å². The quantitative estimate of drug-likeness (QED) is 0.102. The van der Waals surface area contributed by atoms with Gasteiger partial charge in [-0.2, -0.15) is 0 Å². The molecule has 5 N–H and O–H groups in total. The highest BCUT2D eigenvalue weighted by molar-refractivity contribution is 5.92. The van der Waals surface area contributed by atoms with Crippen molar-refractivity contribution in [3.05, 3.63) is 71.7 Å². The second-order valence-corrected chi connectivity index (χ2v) is 22.9. The number of carbonyl (C=O) groups is 3. The minimum absolute atomic E-state index is 0.00823. The number of allylic oxidation sites excluding steroid dienone is 1. The third kappa shape index (κ3) is 5.90. The summed E-state index contributed by atoms with van der Waals surface area (Å²) in [5, 5.41) is 42.7. The summed E-state index contributed by atoms with van der Waals surface area (Å²) in [4.78, 5) is 44.2. The molecule has 8 fully saturated rings. The van der Waals surface area contributed by atoms with E-state index in [1.54, 1.807) is 6.26 Å². The van der Waals surface area contributed by atoms with Gasteiger partial charge in [0.05, 0.1) is 49.4 Å². The van der Waals surface area contributed by atoms with Crippen LogP contribution < -0.4 is 10.6 Å². The molecule has 0 amide bonds. The molecule has 5 aliphatic heterocycles. The number of esters is 2. The zero-order valence-electron chi connectivity index (χ0n) is 38.9. The number of ether oxygens (including phenoxy) is 4. The molecule has 67 heavy (non-hydrogen) atoms. The standard InChI is InChI=1S/C54H66N2O11/c1-49(2)45-44(60)46(61)53-37-23-31(22-30-8-5-4-6-9-30)11-12-33(37)10-7-19-52(36-18-21-63-40(36)24-35(39(58)27-57)32-13-15-34(16-14-32)38-26-55-29-56-38)50(3,54(53)47(66-54)48(62)67-52)20-17-41(53)51(45)28-64-43(59)25-42(51)65-49/h4-6,8-9,13,15,18,21,31-35,37-39,41-42,45-47,55-58,61H,11-12,14,16-17,19-20,22-29H2,1-3H3. The van der Waals surface area contributed by atoms with E-state index in [2.05, 4.69) is 65.8 Å². The number of hydrogen-bond acceptors (Lipinski definition) is 13. The number of rotatable bonds is 9. The fourth-order valence-electron chi connectivity index (χ4n) is 17.3. The predicted molar refractivity (Wildman–Crippen MR) is 241 cm³/mol. The van der Waals surface area contributed by atoms with Crippen LogP contribution in [0.4, 0.5) is 0 Å². The van der Waals surface area contributed by atoms with Gasteiger partial charge in [-0.1, -0.05) is 61.2 Å². The molecule has 358 valence electrons. The summed E-state index contributed by atoms with van der Waals surface area (Å²) in [5.74, 6) is 4.88. The van der Waals surface area contributed by atoms with E-state index in [4.69, 9.17) is 23.4 Å². The predicted octanol–water partition coefficient (Wildman–Crippen LogP) is 4.54. The third-order valence-electron chi connectivity index (χ3n) is 19.9. The smallest absolute Gasteiger partial charge is 0.339 e. The fraction of sp³-hybridized carbons (Fsp3) is 0.685. The number of hydrogen-bond donors (Lipinski definition) is 5. The average molecular weight is 919 g/mol. The van der Waals surface area contributed by atoms with Crippen LogP contribution in [0, 0.1) is 75.4 Å². The molecule has 12 rings (SSSR count). The average Bonchev–Trinajstić information content (AvgIpc) is 3.57. The number of epoxide rings is 1. The van der Waals surface area contributed by atoms with E-state index in [1.165, 1.54) is 5.56 Å². The van der Waals surface area contributed by atoms with Crippen LogP contribution in [0.3, 0.4) is 0 Å². The summed E-state index contributed by atoms with van der Waals surface area (Å²) in [6, 6.07) is 12.7. The first-order valence-electron chi connectivity index (χ1n) is 25.2. The van der Waals surface area contributed by atoms with Crippen LogP contribution in [0.5, 0.6) is 0 Å². The molecule has 2 aromatic rings. The zero-order chi connectivity index (χ0) is 46.3. The fourth-order valence-corrected chi connectivity index (χ4v) is 17.3. The van der Waals surface area contributed by atoms with Gasteiger partial charge in [-0.25, -0.2) is 4.79 Å². The Morgan fingerprint density at radius 1 is 0.985 bits per heavy atom. The van der Waals surface area contributed by atoms with E-state index < -0.39 is 87.8 Å². The highest BCUT2D eigenvalue weighted by Gasteiger charge is 2.95. The highest BCUT2D eigenvalue weighted by atomic mass is 16.7. The normalized spacial score (nSPS) is 46.3. The molecule has 0 radical (unpaired) electrons. The van der Waals surface area contributed by atoms with Crippen molar-refractivity contribution >= 4 is 17.7 Å². The van der Waals surface area contributed by atoms with E-state index in [0.717, 1.165) is 45.3 Å². The number of aliphatic hydroxyl groups excluding tert-OH is 3. The van der Waals surface area contributed by atoms with E-state index in [1.807, 2.05) is 26.0 Å². The third-order valence-corrected chi connectivity index (χ3v) is 19.9. The van der Waals surface area contributed by atoms with Crippen molar-refractivity contribution in [3.63, 3.8) is 0 Å². The van der Waals surface area contributed by atoms with Gasteiger partial charge in [0.2, 0.25) is 0 Å². The summed E-state index contributed by atoms with van der Waals surface area (Å²) in [6.07, 6.45) is 8.01. The van der Waals surface area contributed by atoms with Gasteiger partial charge in [0, 0.05) is 59.3 Å². The van der Waals surface area contributed by atoms with Crippen LogP contribution in [0.1, 0.15) is 95.4 Å². The second-order valence-electron chi connectivity index (χ2n) is 22.9. The van der Waals surface area contributed by atoms with Crippen molar-refractivity contribution in [1.29, 1.82) is 0 Å². The molecule has 5 saturated heterocycles. The van der Waals surface area contributed by atoms with Gasteiger partial charge >= 0.3 is 11.9 Å². The number of benzene rings is 1. The van der Waals surface area contributed by atoms with Crippen LogP contribution in [-0.4, -0.2) is 101 Å². The van der Waals surface area contributed by atoms with Crippen molar-refractivity contribution < 1.29 is 53.1 Å². The lowest BCUT2D eigenvalue weighted by Crippen LogP contribution is -2.81. The Morgan fingerprint density at radius 2 is 1.82 bits per heavy atom. The summed E-state index contributed by atoms with van der Waals surface area (Å²) < 4.78 is 33.6. The highest BCUT2D eigenvalue weighted by Crippen LogP contribution is 2.84. The molecule has 10 aliphatic rings. The van der Waals surface area contributed by atoms with Crippen LogP contribution >= 0.6 is 0 Å². The lowest BCUT2D eigenvalue weighted by Gasteiger charge is -2.71. The lowest BCUT2D eigenvalue weighted by atomic mass is 9.31. The topological polar surface area (TPSA) is 189 Å². The molecule has 1 aromatic carbocycles. The molecule has 18 unspecified atom stereocenters. The van der Waals surface area contributed by atoms with E-state index in [0.29, 0.717) is 42.5 Å². The Balaban J connectivity index is 1.02. The van der Waals surface area contributed by atoms with Crippen LogP contribution in [0.2, 0.25) is 0 Å². The number of nitrogens with one attached hydrogen (secondary N) is 2. The number of ketones is 1. The number of aliphatic hydroxyl groups is 3. The Kier molecular flexibility index (Phi) is 10.3. The van der Waals surface area contributed by atoms with Gasteiger partial charge in [-0.05, 0) is 106 Å². The summed E-state index contributed by atoms with van der Waals surface area (Å²) in [5.41, 5.74) is -5.41. The molecule has 13 nitrogen and oxygen atoms in total. The van der Waals surface area contributed by atoms with Gasteiger partial charge in [-0.15, -0.1) is 0 Å². The Hall–Kier alpha value is -3.87.